The van der Waals surface area contributed by atoms with Crippen LogP contribution in [-0.4, -0.2) is 0 Å². The first-order chi connectivity index (χ1) is 6.20. The third-order valence-corrected chi connectivity index (χ3v) is 3.31. The molecule has 65 valence electrons. The molecular formula is C12H11O. The number of fused-ring (bicyclic) bond motifs is 5. The van der Waals surface area contributed by atoms with Crippen molar-refractivity contribution in [2.24, 2.45) is 0 Å². The van der Waals surface area contributed by atoms with Crippen LogP contribution < -0.4 is 0 Å². The smallest absolute Gasteiger partial charge is 0.173 e. The van der Waals surface area contributed by atoms with Crippen LogP contribution in [0.4, 0.5) is 0 Å². The number of hydrogen-bond acceptors (Lipinski definition) is 1. The van der Waals surface area contributed by atoms with Crippen molar-refractivity contribution in [2.75, 3.05) is 0 Å². The molecule has 2 aliphatic carbocycles. The van der Waals surface area contributed by atoms with Crippen molar-refractivity contribution in [3.05, 3.63) is 34.3 Å². The maximum absolute atomic E-state index is 5.44. The minimum absolute atomic E-state index is 1.08. The number of allylic oxidation sites excluding steroid dienone is 4. The van der Waals surface area contributed by atoms with Gasteiger partial charge in [-0.25, -0.2) is 0 Å². The first-order valence-electron chi connectivity index (χ1n) is 4.62. The van der Waals surface area contributed by atoms with E-state index in [4.69, 9.17) is 4.42 Å². The monoisotopic (exact) mass is 171 g/mol. The molecule has 1 aromatic rings. The zero-order valence-electron chi connectivity index (χ0n) is 8.12. The van der Waals surface area contributed by atoms with Crippen LogP contribution >= 0.6 is 0 Å². The van der Waals surface area contributed by atoms with E-state index in [2.05, 4.69) is 27.0 Å². The lowest BCUT2D eigenvalue weighted by atomic mass is 9.97. The molecule has 1 heterocycles. The molecule has 0 unspecified atom stereocenters. The van der Waals surface area contributed by atoms with E-state index < -0.39 is 0 Å². The predicted octanol–water partition coefficient (Wildman–Crippen LogP) is 3.35. The largest absolute Gasteiger partial charge is 0.452 e. The molecule has 3 rings (SSSR count). The molecule has 2 aliphatic rings. The average molecular weight is 171 g/mol. The normalized spacial score (nSPS) is 19.0. The Morgan fingerprint density at radius 2 is 1.77 bits per heavy atom. The van der Waals surface area contributed by atoms with Gasteiger partial charge in [0, 0.05) is 23.1 Å². The summed E-state index contributed by atoms with van der Waals surface area (Å²) in [6.45, 7) is 6.45. The van der Waals surface area contributed by atoms with E-state index in [0.29, 0.717) is 0 Å². The summed E-state index contributed by atoms with van der Waals surface area (Å²) < 4.78 is 5.44. The summed E-state index contributed by atoms with van der Waals surface area (Å²) >= 11 is 0. The van der Waals surface area contributed by atoms with Crippen molar-refractivity contribution in [1.82, 2.24) is 0 Å². The van der Waals surface area contributed by atoms with E-state index in [0.717, 1.165) is 17.7 Å². The molecule has 0 atom stereocenters. The lowest BCUT2D eigenvalue weighted by Gasteiger charge is -2.06. The summed E-state index contributed by atoms with van der Waals surface area (Å²) in [6, 6.07) is 0. The second-order valence-electron chi connectivity index (χ2n) is 3.92. The summed E-state index contributed by atoms with van der Waals surface area (Å²) in [5.41, 5.74) is 8.17. The molecule has 0 saturated heterocycles. The van der Waals surface area contributed by atoms with Crippen molar-refractivity contribution in [1.29, 1.82) is 0 Å². The average Bonchev–Trinajstić information content (AvgIpc) is 2.70. The summed E-state index contributed by atoms with van der Waals surface area (Å²) in [4.78, 5) is 0. The van der Waals surface area contributed by atoms with E-state index in [1.54, 1.807) is 0 Å². The van der Waals surface area contributed by atoms with Crippen molar-refractivity contribution in [3.8, 4) is 0 Å². The van der Waals surface area contributed by atoms with Crippen LogP contribution in [0.15, 0.2) is 15.6 Å². The SMILES string of the molecule is CC1=C2CC(=C1C)c1c(C)[c]oc12. The van der Waals surface area contributed by atoms with Gasteiger partial charge in [-0.15, -0.1) is 0 Å². The van der Waals surface area contributed by atoms with Gasteiger partial charge in [-0.05, 0) is 37.5 Å². The van der Waals surface area contributed by atoms with Gasteiger partial charge >= 0.3 is 0 Å². The Morgan fingerprint density at radius 1 is 1.08 bits per heavy atom. The second kappa shape index (κ2) is 1.98. The van der Waals surface area contributed by atoms with Gasteiger partial charge in [0.25, 0.3) is 0 Å². The van der Waals surface area contributed by atoms with E-state index in [9.17, 15) is 0 Å². The molecule has 2 bridgehead atoms. The molecule has 0 aromatic carbocycles. The van der Waals surface area contributed by atoms with E-state index in [1.807, 2.05) is 0 Å². The number of rotatable bonds is 0. The molecule has 1 radical (unpaired) electrons. The molecule has 0 amide bonds. The van der Waals surface area contributed by atoms with Crippen LogP contribution in [0.3, 0.4) is 0 Å². The van der Waals surface area contributed by atoms with Crippen molar-refractivity contribution >= 4 is 11.1 Å². The second-order valence-corrected chi connectivity index (χ2v) is 3.92. The van der Waals surface area contributed by atoms with Crippen molar-refractivity contribution in [3.63, 3.8) is 0 Å². The van der Waals surface area contributed by atoms with Gasteiger partial charge < -0.3 is 4.42 Å². The van der Waals surface area contributed by atoms with Crippen LogP contribution in [0.25, 0.3) is 11.1 Å². The van der Waals surface area contributed by atoms with Crippen molar-refractivity contribution in [2.45, 2.75) is 27.2 Å². The van der Waals surface area contributed by atoms with Crippen LogP contribution in [0, 0.1) is 13.2 Å². The lowest BCUT2D eigenvalue weighted by Crippen LogP contribution is -1.88. The van der Waals surface area contributed by atoms with Gasteiger partial charge in [-0.2, -0.15) is 0 Å². The highest BCUT2D eigenvalue weighted by Gasteiger charge is 2.34. The number of aryl methyl sites for hydroxylation is 1. The maximum atomic E-state index is 5.44. The Hall–Kier alpha value is -1.24. The Labute approximate surface area is 77.8 Å². The van der Waals surface area contributed by atoms with Gasteiger partial charge in [0.15, 0.2) is 6.26 Å². The minimum Gasteiger partial charge on any atom is -0.452 e. The molecule has 0 aliphatic heterocycles. The molecule has 0 N–H and O–H groups in total. The molecule has 1 heteroatoms. The molecule has 13 heavy (non-hydrogen) atoms. The number of hydrogen-bond donors (Lipinski definition) is 0. The fourth-order valence-corrected chi connectivity index (χ4v) is 2.40. The molecule has 1 aromatic heterocycles. The van der Waals surface area contributed by atoms with Crippen LogP contribution in [-0.2, 0) is 0 Å². The first-order valence-corrected chi connectivity index (χ1v) is 4.62. The zero-order valence-corrected chi connectivity index (χ0v) is 8.12. The summed E-state index contributed by atoms with van der Waals surface area (Å²) in [6.07, 6.45) is 4.02. The van der Waals surface area contributed by atoms with Gasteiger partial charge in [0.2, 0.25) is 0 Å². The van der Waals surface area contributed by atoms with Crippen LogP contribution in [0.2, 0.25) is 0 Å². The highest BCUT2D eigenvalue weighted by atomic mass is 16.3. The fraction of sp³-hybridized carbons (Fsp3) is 0.333. The molecule has 0 fully saturated rings. The topological polar surface area (TPSA) is 13.1 Å². The third kappa shape index (κ3) is 0.646. The van der Waals surface area contributed by atoms with Gasteiger partial charge in [0.05, 0.1) is 0 Å². The Kier molecular flexibility index (Phi) is 1.09. The Balaban J connectivity index is 2.42. The van der Waals surface area contributed by atoms with E-state index >= 15 is 0 Å². The third-order valence-electron chi connectivity index (χ3n) is 3.31. The Morgan fingerprint density at radius 3 is 2.54 bits per heavy atom. The van der Waals surface area contributed by atoms with E-state index in [1.165, 1.54) is 27.9 Å². The van der Waals surface area contributed by atoms with Gasteiger partial charge in [-0.3, -0.25) is 0 Å². The zero-order chi connectivity index (χ0) is 9.16. The Bertz CT molecular complexity index is 469. The molecule has 0 saturated carbocycles. The predicted molar refractivity (Wildman–Crippen MR) is 52.1 cm³/mol. The summed E-state index contributed by atoms with van der Waals surface area (Å²) in [5, 5.41) is 0. The fourth-order valence-electron chi connectivity index (χ4n) is 2.40. The number of furan rings is 1. The van der Waals surface area contributed by atoms with Gasteiger partial charge in [0.1, 0.15) is 5.76 Å². The van der Waals surface area contributed by atoms with Gasteiger partial charge in [-0.1, -0.05) is 0 Å². The van der Waals surface area contributed by atoms with Crippen LogP contribution in [0.5, 0.6) is 0 Å². The minimum atomic E-state index is 1.08. The summed E-state index contributed by atoms with van der Waals surface area (Å²) in [5.74, 6) is 1.08. The molecular weight excluding hydrogens is 160 g/mol. The molecule has 1 nitrogen and oxygen atoms in total. The summed E-state index contributed by atoms with van der Waals surface area (Å²) in [7, 11) is 0. The maximum Gasteiger partial charge on any atom is 0.173 e. The van der Waals surface area contributed by atoms with Crippen LogP contribution in [0.1, 0.15) is 37.2 Å². The van der Waals surface area contributed by atoms with Crippen molar-refractivity contribution < 1.29 is 4.42 Å². The highest BCUT2D eigenvalue weighted by molar-refractivity contribution is 6.01. The first kappa shape index (κ1) is 7.19. The highest BCUT2D eigenvalue weighted by Crippen LogP contribution is 2.52. The standard InChI is InChI=1S/C12H11O/c1-6-5-13-12-10-4-9(11(6)12)7(2)8(10)3/h4H2,1-3H3. The molecule has 0 spiro atoms. The lowest BCUT2D eigenvalue weighted by molar-refractivity contribution is 0.542. The van der Waals surface area contributed by atoms with E-state index in [-0.39, 0.29) is 0 Å². The quantitative estimate of drug-likeness (QED) is 0.583.